The Morgan fingerprint density at radius 1 is 1.17 bits per heavy atom. The minimum atomic E-state index is -3.54. The van der Waals surface area contributed by atoms with E-state index in [2.05, 4.69) is 0 Å². The first-order chi connectivity index (χ1) is 11.4. The summed E-state index contributed by atoms with van der Waals surface area (Å²) in [5, 5.41) is -0.0806. The number of hydrogen-bond acceptors (Lipinski definition) is 3. The van der Waals surface area contributed by atoms with Gasteiger partial charge in [-0.1, -0.05) is 48.0 Å². The standard InChI is InChI=1S/C17H18ClFN2O2S/c18-15-8-12(6-7-16(15)19)11-24(22,23)21-9-14(17(20)10-21)13-4-2-1-3-5-13/h1-8,14,17H,9-11,20H2/t14-,17+/m0/s1. The van der Waals surface area contributed by atoms with E-state index in [1.165, 1.54) is 22.5 Å². The van der Waals surface area contributed by atoms with Crippen molar-refractivity contribution in [2.45, 2.75) is 17.7 Å². The van der Waals surface area contributed by atoms with Crippen LogP contribution in [0.5, 0.6) is 0 Å². The SMILES string of the molecule is N[C@@H]1CN(S(=O)(=O)Cc2ccc(F)c(Cl)c2)C[C@H]1c1ccccc1. The molecule has 2 atom stereocenters. The van der Waals surface area contributed by atoms with E-state index in [4.69, 9.17) is 17.3 Å². The molecule has 128 valence electrons. The maximum Gasteiger partial charge on any atom is 0.218 e. The van der Waals surface area contributed by atoms with Gasteiger partial charge in [-0.15, -0.1) is 0 Å². The maximum absolute atomic E-state index is 13.2. The van der Waals surface area contributed by atoms with E-state index >= 15 is 0 Å². The van der Waals surface area contributed by atoms with E-state index in [0.717, 1.165) is 5.56 Å². The molecular weight excluding hydrogens is 351 g/mol. The zero-order valence-corrected chi connectivity index (χ0v) is 14.5. The molecule has 0 aliphatic carbocycles. The van der Waals surface area contributed by atoms with Crippen molar-refractivity contribution in [2.24, 2.45) is 5.73 Å². The molecule has 1 heterocycles. The minimum absolute atomic E-state index is 0.0298. The number of sulfonamides is 1. The van der Waals surface area contributed by atoms with Crippen LogP contribution in [0, 0.1) is 5.82 Å². The Balaban J connectivity index is 1.77. The number of rotatable bonds is 4. The van der Waals surface area contributed by atoms with Gasteiger partial charge in [0, 0.05) is 25.0 Å². The third-order valence-electron chi connectivity index (χ3n) is 4.29. The topological polar surface area (TPSA) is 63.4 Å². The molecule has 0 radical (unpaired) electrons. The van der Waals surface area contributed by atoms with Gasteiger partial charge >= 0.3 is 0 Å². The first kappa shape index (κ1) is 17.4. The normalized spacial score (nSPS) is 22.0. The quantitative estimate of drug-likeness (QED) is 0.902. The van der Waals surface area contributed by atoms with Gasteiger partial charge in [0.05, 0.1) is 10.8 Å². The molecule has 0 saturated carbocycles. The van der Waals surface area contributed by atoms with Gasteiger partial charge in [-0.3, -0.25) is 0 Å². The summed E-state index contributed by atoms with van der Waals surface area (Å²) in [6.45, 7) is 0.624. The van der Waals surface area contributed by atoms with Gasteiger partial charge in [0.25, 0.3) is 0 Å². The Hall–Kier alpha value is -1.47. The summed E-state index contributed by atoms with van der Waals surface area (Å²) in [6, 6.07) is 13.4. The van der Waals surface area contributed by atoms with Gasteiger partial charge in [-0.25, -0.2) is 12.8 Å². The number of nitrogens with zero attached hydrogens (tertiary/aromatic N) is 1. The lowest BCUT2D eigenvalue weighted by Crippen LogP contribution is -2.33. The Morgan fingerprint density at radius 3 is 2.54 bits per heavy atom. The lowest BCUT2D eigenvalue weighted by Gasteiger charge is -2.17. The zero-order valence-electron chi connectivity index (χ0n) is 12.9. The predicted octanol–water partition coefficient (Wildman–Crippen LogP) is 2.74. The minimum Gasteiger partial charge on any atom is -0.326 e. The molecule has 2 N–H and O–H groups in total. The molecule has 0 aromatic heterocycles. The summed E-state index contributed by atoms with van der Waals surface area (Å²) < 4.78 is 39.9. The third-order valence-corrected chi connectivity index (χ3v) is 6.36. The van der Waals surface area contributed by atoms with Crippen molar-refractivity contribution in [3.8, 4) is 0 Å². The largest absolute Gasteiger partial charge is 0.326 e. The van der Waals surface area contributed by atoms with Crippen molar-refractivity contribution in [2.75, 3.05) is 13.1 Å². The monoisotopic (exact) mass is 368 g/mol. The van der Waals surface area contributed by atoms with Crippen LogP contribution in [0.4, 0.5) is 4.39 Å². The molecule has 2 aromatic rings. The highest BCUT2D eigenvalue weighted by Crippen LogP contribution is 2.29. The van der Waals surface area contributed by atoms with Crippen LogP contribution in [-0.4, -0.2) is 31.9 Å². The molecule has 1 fully saturated rings. The highest BCUT2D eigenvalue weighted by molar-refractivity contribution is 7.88. The van der Waals surface area contributed by atoms with Crippen molar-refractivity contribution in [1.82, 2.24) is 4.31 Å². The van der Waals surface area contributed by atoms with Crippen LogP contribution >= 0.6 is 11.6 Å². The van der Waals surface area contributed by atoms with Gasteiger partial charge in [-0.2, -0.15) is 4.31 Å². The number of benzene rings is 2. The number of hydrogen-bond donors (Lipinski definition) is 1. The number of halogens is 2. The summed E-state index contributed by atoms with van der Waals surface area (Å²) in [5.74, 6) is -0.816. The van der Waals surface area contributed by atoms with Crippen LogP contribution in [0.1, 0.15) is 17.0 Å². The lowest BCUT2D eigenvalue weighted by molar-refractivity contribution is 0.469. The predicted molar refractivity (Wildman–Crippen MR) is 92.8 cm³/mol. The van der Waals surface area contributed by atoms with Crippen LogP contribution < -0.4 is 5.73 Å². The molecule has 1 aliphatic rings. The van der Waals surface area contributed by atoms with Crippen molar-refractivity contribution in [1.29, 1.82) is 0 Å². The van der Waals surface area contributed by atoms with E-state index in [1.54, 1.807) is 0 Å². The average Bonchev–Trinajstić information content (AvgIpc) is 2.94. The fourth-order valence-corrected chi connectivity index (χ4v) is 4.78. The highest BCUT2D eigenvalue weighted by Gasteiger charge is 2.37. The van der Waals surface area contributed by atoms with E-state index in [-0.39, 0.29) is 29.3 Å². The molecule has 0 bridgehead atoms. The molecule has 7 heteroatoms. The molecule has 3 rings (SSSR count). The van der Waals surface area contributed by atoms with E-state index < -0.39 is 15.8 Å². The summed E-state index contributed by atoms with van der Waals surface area (Å²) in [4.78, 5) is 0. The molecule has 1 saturated heterocycles. The van der Waals surface area contributed by atoms with Gasteiger partial charge in [0.1, 0.15) is 5.82 Å². The van der Waals surface area contributed by atoms with Gasteiger partial charge in [0.2, 0.25) is 10.0 Å². The van der Waals surface area contributed by atoms with Crippen molar-refractivity contribution in [3.63, 3.8) is 0 Å². The van der Waals surface area contributed by atoms with Crippen molar-refractivity contribution in [3.05, 3.63) is 70.5 Å². The van der Waals surface area contributed by atoms with E-state index in [0.29, 0.717) is 12.1 Å². The molecule has 0 spiro atoms. The fraction of sp³-hybridized carbons (Fsp3) is 0.294. The van der Waals surface area contributed by atoms with Crippen LogP contribution in [0.25, 0.3) is 0 Å². The summed E-state index contributed by atoms with van der Waals surface area (Å²) >= 11 is 5.73. The maximum atomic E-state index is 13.2. The second kappa shape index (κ2) is 6.80. The van der Waals surface area contributed by atoms with Gasteiger partial charge in [-0.05, 0) is 23.3 Å². The Labute approximate surface area is 146 Å². The molecule has 0 unspecified atom stereocenters. The Morgan fingerprint density at radius 2 is 1.88 bits per heavy atom. The molecule has 1 aliphatic heterocycles. The first-order valence-corrected chi connectivity index (χ1v) is 9.58. The third kappa shape index (κ3) is 3.62. The van der Waals surface area contributed by atoms with E-state index in [9.17, 15) is 12.8 Å². The molecular formula is C17H18ClFN2O2S. The second-order valence-electron chi connectivity index (χ2n) is 6.00. The average molecular weight is 369 g/mol. The molecule has 0 amide bonds. The van der Waals surface area contributed by atoms with Crippen LogP contribution in [0.3, 0.4) is 0 Å². The summed E-state index contributed by atoms with van der Waals surface area (Å²) in [5.41, 5.74) is 7.65. The van der Waals surface area contributed by atoms with Gasteiger partial charge < -0.3 is 5.73 Å². The van der Waals surface area contributed by atoms with E-state index in [1.807, 2.05) is 30.3 Å². The van der Waals surface area contributed by atoms with Crippen LogP contribution in [-0.2, 0) is 15.8 Å². The second-order valence-corrected chi connectivity index (χ2v) is 8.38. The number of nitrogens with two attached hydrogens (primary N) is 1. The lowest BCUT2D eigenvalue weighted by atomic mass is 9.95. The summed E-state index contributed by atoms with van der Waals surface area (Å²) in [7, 11) is -3.54. The zero-order chi connectivity index (χ0) is 17.3. The van der Waals surface area contributed by atoms with Gasteiger partial charge in [0.15, 0.2) is 0 Å². The smallest absolute Gasteiger partial charge is 0.218 e. The van der Waals surface area contributed by atoms with Crippen molar-refractivity contribution >= 4 is 21.6 Å². The summed E-state index contributed by atoms with van der Waals surface area (Å²) in [6.07, 6.45) is 0. The molecule has 24 heavy (non-hydrogen) atoms. The van der Waals surface area contributed by atoms with Crippen molar-refractivity contribution < 1.29 is 12.8 Å². The Kier molecular flexibility index (Phi) is 4.92. The van der Waals surface area contributed by atoms with Crippen LogP contribution in [0.15, 0.2) is 48.5 Å². The first-order valence-electron chi connectivity index (χ1n) is 7.59. The molecule has 2 aromatic carbocycles. The molecule has 4 nitrogen and oxygen atoms in total. The highest BCUT2D eigenvalue weighted by atomic mass is 35.5. The fourth-order valence-electron chi connectivity index (χ4n) is 3.00. The van der Waals surface area contributed by atoms with Crippen LogP contribution in [0.2, 0.25) is 5.02 Å². The Bertz CT molecular complexity index is 830.